The number of amides is 2. The van der Waals surface area contributed by atoms with Crippen molar-refractivity contribution in [2.45, 2.75) is 32.0 Å². The molecule has 25 heavy (non-hydrogen) atoms. The van der Waals surface area contributed by atoms with Crippen LogP contribution in [-0.2, 0) is 21.6 Å². The van der Waals surface area contributed by atoms with Gasteiger partial charge in [0, 0.05) is 11.1 Å². The van der Waals surface area contributed by atoms with Crippen LogP contribution in [0.25, 0.3) is 0 Å². The number of benzene rings is 2. The molecule has 2 amide bonds. The van der Waals surface area contributed by atoms with Gasteiger partial charge in [0.05, 0.1) is 0 Å². The summed E-state index contributed by atoms with van der Waals surface area (Å²) < 4.78 is 5.47. The molecular weight excluding hydrogens is 316 g/mol. The summed E-state index contributed by atoms with van der Waals surface area (Å²) in [7, 11) is 0. The quantitative estimate of drug-likeness (QED) is 0.845. The van der Waals surface area contributed by atoms with E-state index in [2.05, 4.69) is 13.8 Å². The van der Waals surface area contributed by atoms with Gasteiger partial charge in [0.2, 0.25) is 5.91 Å². The molecule has 0 N–H and O–H groups in total. The Morgan fingerprint density at radius 2 is 1.80 bits per heavy atom. The summed E-state index contributed by atoms with van der Waals surface area (Å²) >= 11 is 0. The van der Waals surface area contributed by atoms with Gasteiger partial charge in [-0.3, -0.25) is 14.6 Å². The first kappa shape index (κ1) is 15.7. The van der Waals surface area contributed by atoms with Crippen LogP contribution in [0.15, 0.2) is 54.6 Å². The number of carbonyl (C=O) groups excluding carboxylic acids is 2. The molecule has 2 aliphatic rings. The largest absolute Gasteiger partial charge is 0.444 e. The van der Waals surface area contributed by atoms with Crippen LogP contribution in [-0.4, -0.2) is 29.6 Å². The summed E-state index contributed by atoms with van der Waals surface area (Å²) in [5.41, 5.74) is 2.54. The van der Waals surface area contributed by atoms with E-state index in [4.69, 9.17) is 4.74 Å². The van der Waals surface area contributed by atoms with Crippen molar-refractivity contribution < 1.29 is 14.3 Å². The third-order valence-electron chi connectivity index (χ3n) is 5.06. The fraction of sp³-hybridized carbons (Fsp3) is 0.300. The average molecular weight is 336 g/mol. The van der Waals surface area contributed by atoms with Gasteiger partial charge in [-0.1, -0.05) is 62.4 Å². The first-order valence-corrected chi connectivity index (χ1v) is 8.39. The lowest BCUT2D eigenvalue weighted by molar-refractivity contribution is -0.116. The zero-order valence-corrected chi connectivity index (χ0v) is 14.3. The van der Waals surface area contributed by atoms with Crippen molar-refractivity contribution in [2.24, 2.45) is 0 Å². The summed E-state index contributed by atoms with van der Waals surface area (Å²) in [6.07, 6.45) is -0.800. The molecule has 0 spiro atoms. The molecule has 1 atom stereocenters. The van der Waals surface area contributed by atoms with Gasteiger partial charge in [-0.2, -0.15) is 0 Å². The number of fused-ring (bicyclic) bond motifs is 3. The Morgan fingerprint density at radius 3 is 2.56 bits per heavy atom. The lowest BCUT2D eigenvalue weighted by atomic mass is 9.84. The first-order chi connectivity index (χ1) is 12.0. The lowest BCUT2D eigenvalue weighted by Crippen LogP contribution is -2.49. The maximum Gasteiger partial charge on any atom is 0.412 e. The highest BCUT2D eigenvalue weighted by Crippen LogP contribution is 2.48. The van der Waals surface area contributed by atoms with Gasteiger partial charge >= 0.3 is 6.09 Å². The minimum absolute atomic E-state index is 0.0516. The summed E-state index contributed by atoms with van der Waals surface area (Å²) in [5.74, 6) is -0.0697. The first-order valence-electron chi connectivity index (χ1n) is 8.39. The topological polar surface area (TPSA) is 49.9 Å². The minimum Gasteiger partial charge on any atom is -0.444 e. The Balaban J connectivity index is 1.58. The second-order valence-electron chi connectivity index (χ2n) is 7.04. The van der Waals surface area contributed by atoms with Crippen molar-refractivity contribution in [3.8, 4) is 0 Å². The number of ether oxygens (including phenoxy) is 1. The summed E-state index contributed by atoms with van der Waals surface area (Å²) in [5, 5.41) is 0. The van der Waals surface area contributed by atoms with Gasteiger partial charge in [0.1, 0.15) is 19.3 Å². The molecule has 5 nitrogen and oxygen atoms in total. The number of rotatable bonds is 2. The predicted molar refractivity (Wildman–Crippen MR) is 94.1 cm³/mol. The highest BCUT2D eigenvalue weighted by molar-refractivity contribution is 6.03. The Bertz CT molecular complexity index is 832. The molecule has 2 aromatic carbocycles. The van der Waals surface area contributed by atoms with Crippen molar-refractivity contribution in [3.05, 3.63) is 65.7 Å². The molecule has 2 aliphatic heterocycles. The zero-order chi connectivity index (χ0) is 17.6. The van der Waals surface area contributed by atoms with Crippen LogP contribution in [0.4, 0.5) is 10.5 Å². The smallest absolute Gasteiger partial charge is 0.412 e. The van der Waals surface area contributed by atoms with Gasteiger partial charge in [-0.15, -0.1) is 0 Å². The van der Waals surface area contributed by atoms with E-state index < -0.39 is 6.09 Å². The second-order valence-corrected chi connectivity index (χ2v) is 7.04. The molecule has 0 radical (unpaired) electrons. The van der Waals surface area contributed by atoms with E-state index in [0.29, 0.717) is 0 Å². The normalized spacial score (nSPS) is 20.4. The third-order valence-corrected chi connectivity index (χ3v) is 5.06. The summed E-state index contributed by atoms with van der Waals surface area (Å²) in [6.45, 7) is 4.37. The highest BCUT2D eigenvalue weighted by atomic mass is 16.6. The molecule has 1 unspecified atom stereocenters. The number of carbonyl (C=O) groups is 2. The van der Waals surface area contributed by atoms with Gasteiger partial charge in [-0.25, -0.2) is 4.79 Å². The molecule has 0 aromatic heterocycles. The van der Waals surface area contributed by atoms with Crippen molar-refractivity contribution in [3.63, 3.8) is 0 Å². The molecule has 5 heteroatoms. The van der Waals surface area contributed by atoms with E-state index in [9.17, 15) is 9.59 Å². The molecule has 0 bridgehead atoms. The fourth-order valence-corrected chi connectivity index (χ4v) is 3.90. The van der Waals surface area contributed by atoms with Crippen molar-refractivity contribution >= 4 is 17.7 Å². The maximum atomic E-state index is 12.7. The summed E-state index contributed by atoms with van der Waals surface area (Å²) in [4.78, 5) is 28.5. The molecule has 128 valence electrons. The molecule has 2 heterocycles. The highest BCUT2D eigenvalue weighted by Gasteiger charge is 2.56. The van der Waals surface area contributed by atoms with E-state index in [1.807, 2.05) is 54.6 Å². The van der Waals surface area contributed by atoms with Crippen LogP contribution in [0.3, 0.4) is 0 Å². The van der Waals surface area contributed by atoms with Gasteiger partial charge in [0.25, 0.3) is 0 Å². The van der Waals surface area contributed by atoms with E-state index >= 15 is 0 Å². The van der Waals surface area contributed by atoms with Crippen molar-refractivity contribution in [1.29, 1.82) is 0 Å². The Kier molecular flexibility index (Phi) is 3.53. The summed E-state index contributed by atoms with van der Waals surface area (Å²) in [6, 6.07) is 17.4. The van der Waals surface area contributed by atoms with E-state index in [0.717, 1.165) is 16.8 Å². The van der Waals surface area contributed by atoms with Crippen LogP contribution in [0.2, 0.25) is 0 Å². The van der Waals surface area contributed by atoms with Crippen LogP contribution < -0.4 is 4.90 Å². The monoisotopic (exact) mass is 336 g/mol. The molecule has 1 saturated heterocycles. The van der Waals surface area contributed by atoms with Crippen molar-refractivity contribution in [2.75, 3.05) is 11.4 Å². The van der Waals surface area contributed by atoms with Crippen LogP contribution in [0.5, 0.6) is 0 Å². The fourth-order valence-electron chi connectivity index (χ4n) is 3.90. The van der Waals surface area contributed by atoms with Crippen LogP contribution in [0.1, 0.15) is 25.0 Å². The Morgan fingerprint density at radius 1 is 1.12 bits per heavy atom. The van der Waals surface area contributed by atoms with E-state index in [1.54, 1.807) is 9.80 Å². The minimum atomic E-state index is -0.453. The Labute approximate surface area is 146 Å². The number of nitrogens with zero attached hydrogens (tertiary/aromatic N) is 2. The lowest BCUT2D eigenvalue weighted by Gasteiger charge is -2.33. The second kappa shape index (κ2) is 5.62. The van der Waals surface area contributed by atoms with E-state index in [-0.39, 0.29) is 30.6 Å². The van der Waals surface area contributed by atoms with Gasteiger partial charge in [0.15, 0.2) is 0 Å². The molecule has 0 aliphatic carbocycles. The number of hydrogen-bond donors (Lipinski definition) is 0. The number of hydrogen-bond acceptors (Lipinski definition) is 3. The molecular formula is C20H20N2O3. The van der Waals surface area contributed by atoms with Gasteiger partial charge < -0.3 is 4.74 Å². The SMILES string of the molecule is CC1(C)c2ccccc2N2C(=O)CN(C(=O)OCc3ccccc3)C21. The van der Waals surface area contributed by atoms with Crippen LogP contribution >= 0.6 is 0 Å². The molecule has 1 fully saturated rings. The number of para-hydroxylation sites is 1. The van der Waals surface area contributed by atoms with Crippen molar-refractivity contribution in [1.82, 2.24) is 4.90 Å². The van der Waals surface area contributed by atoms with Gasteiger partial charge in [-0.05, 0) is 17.2 Å². The average Bonchev–Trinajstić information content (AvgIpc) is 3.09. The maximum absolute atomic E-state index is 12.7. The standard InChI is InChI=1S/C20H20N2O3/c1-20(2)15-10-6-7-11-16(15)22-17(23)12-21(18(20)22)19(24)25-13-14-8-4-3-5-9-14/h3-11,18H,12-13H2,1-2H3. The van der Waals surface area contributed by atoms with Crippen LogP contribution in [0, 0.1) is 0 Å². The molecule has 4 rings (SSSR count). The Hall–Kier alpha value is -2.82. The molecule has 0 saturated carbocycles. The van der Waals surface area contributed by atoms with E-state index in [1.165, 1.54) is 0 Å². The third kappa shape index (κ3) is 2.38. The molecule has 2 aromatic rings. The number of anilines is 1. The zero-order valence-electron chi connectivity index (χ0n) is 14.3. The predicted octanol–water partition coefficient (Wildman–Crippen LogP) is 3.29.